The molecular weight excluding hydrogens is 853 g/mol. The Labute approximate surface area is 316 Å². The minimum atomic E-state index is -2.06. The summed E-state index contributed by atoms with van der Waals surface area (Å²) in [5, 5.41) is 16.2. The summed E-state index contributed by atoms with van der Waals surface area (Å²) >= 11 is -2.06. The van der Waals surface area contributed by atoms with Gasteiger partial charge in [-0.2, -0.15) is 0 Å². The zero-order chi connectivity index (χ0) is 36.1. The van der Waals surface area contributed by atoms with E-state index in [1.807, 2.05) is 40.8 Å². The molecule has 3 aromatic heterocycles. The Morgan fingerprint density at radius 2 is 1.60 bits per heavy atom. The first-order valence-electron chi connectivity index (χ1n) is 18.3. The van der Waals surface area contributed by atoms with Gasteiger partial charge in [-0.25, -0.2) is 0 Å². The van der Waals surface area contributed by atoms with Crippen molar-refractivity contribution in [1.82, 2.24) is 9.38 Å². The van der Waals surface area contributed by atoms with E-state index in [4.69, 9.17) is 4.98 Å². The molecule has 0 amide bonds. The number of carbonyl (C=O) groups is 1. The zero-order valence-electron chi connectivity index (χ0n) is 32.4. The largest absolute Gasteiger partial charge is 0 e. The van der Waals surface area contributed by atoms with Gasteiger partial charge in [-0.3, -0.25) is 4.79 Å². The number of benzene rings is 3. The Morgan fingerprint density at radius 1 is 0.940 bits per heavy atom. The SMILES string of the molecule is CCC(CC)/C(O)=C/C(=O)C(C)(CC)CC.Cc1[c-]c2c3nccc4c[c]([Ge]([CH3])([CH3])[CH3])cc(c43)n3c4cc(CC(C)(C)C)ccc4c(c1)c23.[Ir]. The van der Waals surface area contributed by atoms with Crippen LogP contribution in [-0.4, -0.2) is 33.5 Å². The van der Waals surface area contributed by atoms with E-state index < -0.39 is 13.3 Å². The van der Waals surface area contributed by atoms with Crippen LogP contribution in [0.2, 0.25) is 17.3 Å². The molecule has 0 bridgehead atoms. The number of carbonyl (C=O) groups excluding carboxylic acids is 1. The number of pyridine rings is 2. The minimum Gasteiger partial charge on any atom is 0 e. The van der Waals surface area contributed by atoms with Crippen LogP contribution >= 0.6 is 0 Å². The smallest absolute Gasteiger partial charge is 0 e. The summed E-state index contributed by atoms with van der Waals surface area (Å²) in [7, 11) is 0. The molecule has 1 N–H and O–H groups in total. The zero-order valence-corrected chi connectivity index (χ0v) is 36.9. The van der Waals surface area contributed by atoms with Crippen LogP contribution in [0.1, 0.15) is 92.2 Å². The fraction of sp³-hybridized carbons (Fsp3) is 0.455. The molecule has 0 aliphatic heterocycles. The number of aryl methyl sites for hydroxylation is 1. The quantitative estimate of drug-likeness (QED) is 0.0393. The second kappa shape index (κ2) is 15.1. The van der Waals surface area contributed by atoms with Crippen LogP contribution in [0.3, 0.4) is 0 Å². The molecule has 0 spiro atoms. The molecule has 1 radical (unpaired) electrons. The van der Waals surface area contributed by atoms with Gasteiger partial charge in [-0.05, 0) is 25.7 Å². The molecule has 0 unspecified atom stereocenters. The summed E-state index contributed by atoms with van der Waals surface area (Å²) in [6, 6.07) is 20.2. The fourth-order valence-electron chi connectivity index (χ4n) is 7.23. The van der Waals surface area contributed by atoms with Gasteiger partial charge in [-0.15, -0.1) is 0 Å². The average molecular weight is 911 g/mol. The molecule has 0 saturated carbocycles. The number of aromatic nitrogens is 2. The number of aliphatic hydroxyl groups is 1. The van der Waals surface area contributed by atoms with Gasteiger partial charge in [0, 0.05) is 37.5 Å². The molecule has 4 nitrogen and oxygen atoms in total. The summed E-state index contributed by atoms with van der Waals surface area (Å²) < 4.78 is 4.06. The number of hydrogen-bond acceptors (Lipinski definition) is 3. The molecular formula is C44H57GeIrN2O2-. The fourth-order valence-corrected chi connectivity index (χ4v) is 9.66. The van der Waals surface area contributed by atoms with Gasteiger partial charge in [0.05, 0.1) is 5.76 Å². The van der Waals surface area contributed by atoms with Gasteiger partial charge in [0.15, 0.2) is 5.78 Å². The van der Waals surface area contributed by atoms with Crippen molar-refractivity contribution >= 4 is 72.4 Å². The van der Waals surface area contributed by atoms with E-state index >= 15 is 0 Å². The van der Waals surface area contributed by atoms with Crippen molar-refractivity contribution in [2.75, 3.05) is 0 Å². The third-order valence-electron chi connectivity index (χ3n) is 10.8. The maximum absolute atomic E-state index is 12.0. The van der Waals surface area contributed by atoms with E-state index in [1.54, 1.807) is 0 Å². The topological polar surface area (TPSA) is 54.6 Å². The van der Waals surface area contributed by atoms with Gasteiger partial charge in [0.2, 0.25) is 0 Å². The van der Waals surface area contributed by atoms with Crippen LogP contribution in [0, 0.1) is 29.7 Å². The first-order valence-corrected chi connectivity index (χ1v) is 25.7. The van der Waals surface area contributed by atoms with Gasteiger partial charge in [0.1, 0.15) is 0 Å². The predicted molar refractivity (Wildman–Crippen MR) is 215 cm³/mol. The van der Waals surface area contributed by atoms with Crippen LogP contribution in [0.4, 0.5) is 0 Å². The molecule has 0 fully saturated rings. The van der Waals surface area contributed by atoms with E-state index in [-0.39, 0.29) is 48.4 Å². The van der Waals surface area contributed by atoms with Crippen molar-refractivity contribution in [1.29, 1.82) is 0 Å². The van der Waals surface area contributed by atoms with E-state index in [9.17, 15) is 9.90 Å². The Balaban J connectivity index is 0.000000284. The predicted octanol–water partition coefficient (Wildman–Crippen LogP) is 11.9. The third-order valence-corrected chi connectivity index (χ3v) is 15.0. The number of allylic oxidation sites excluding steroid dienone is 2. The average Bonchev–Trinajstić information content (AvgIpc) is 3.35. The number of nitrogens with zero attached hydrogens (tertiary/aromatic N) is 2. The molecule has 50 heavy (non-hydrogen) atoms. The maximum Gasteiger partial charge on any atom is 0 e. The van der Waals surface area contributed by atoms with Crippen molar-refractivity contribution in [3.8, 4) is 0 Å². The molecule has 0 saturated heterocycles. The normalized spacial score (nSPS) is 13.1. The molecule has 6 heteroatoms. The maximum atomic E-state index is 12.0. The summed E-state index contributed by atoms with van der Waals surface area (Å²) in [6.07, 6.45) is 7.87. The number of ketones is 1. The Kier molecular flexibility index (Phi) is 12.1. The van der Waals surface area contributed by atoms with E-state index in [0.29, 0.717) is 0 Å². The van der Waals surface area contributed by atoms with Crippen LogP contribution in [0.5, 0.6) is 0 Å². The molecule has 6 rings (SSSR count). The van der Waals surface area contributed by atoms with Crippen molar-refractivity contribution in [2.24, 2.45) is 16.7 Å². The Morgan fingerprint density at radius 3 is 2.18 bits per heavy atom. The molecule has 3 heterocycles. The second-order valence-electron chi connectivity index (χ2n) is 16.7. The van der Waals surface area contributed by atoms with Crippen molar-refractivity contribution < 1.29 is 30.0 Å². The van der Waals surface area contributed by atoms with Crippen molar-refractivity contribution in [3.05, 3.63) is 77.7 Å². The Bertz CT molecular complexity index is 2170. The number of aliphatic hydroxyl groups excluding tert-OH is 1. The molecule has 0 aliphatic carbocycles. The van der Waals surface area contributed by atoms with Gasteiger partial charge >= 0.3 is 199 Å². The summed E-state index contributed by atoms with van der Waals surface area (Å²) in [6.45, 7) is 19.2. The van der Waals surface area contributed by atoms with Gasteiger partial charge in [-0.1, -0.05) is 34.6 Å². The van der Waals surface area contributed by atoms with Crippen LogP contribution in [-0.2, 0) is 31.3 Å². The summed E-state index contributed by atoms with van der Waals surface area (Å²) in [5.74, 6) is 7.88. The van der Waals surface area contributed by atoms with Gasteiger partial charge in [0.25, 0.3) is 0 Å². The van der Waals surface area contributed by atoms with E-state index in [2.05, 4.69) is 97.9 Å². The van der Waals surface area contributed by atoms with E-state index in [1.165, 1.54) is 59.7 Å². The molecule has 0 atom stereocenters. The third kappa shape index (κ3) is 7.71. The number of rotatable bonds is 9. The molecule has 6 aromatic rings. The Hall–Kier alpha value is -2.73. The van der Waals surface area contributed by atoms with Crippen LogP contribution in [0.15, 0.2) is 60.5 Å². The van der Waals surface area contributed by atoms with Crippen molar-refractivity contribution in [2.45, 2.75) is 112 Å². The first-order chi connectivity index (χ1) is 23.0. The van der Waals surface area contributed by atoms with Crippen LogP contribution in [0.25, 0.3) is 49.0 Å². The first kappa shape index (κ1) is 40.0. The number of hydrogen-bond donors (Lipinski definition) is 1. The summed E-state index contributed by atoms with van der Waals surface area (Å²) in [4.78, 5) is 16.9. The molecule has 269 valence electrons. The van der Waals surface area contributed by atoms with E-state index in [0.717, 1.165) is 43.0 Å². The van der Waals surface area contributed by atoms with Gasteiger partial charge < -0.3 is 5.11 Å². The molecule has 3 aromatic carbocycles. The number of fused-ring (bicyclic) bond motifs is 5. The standard InChI is InChI=1S/C30H31GeN2.C14H26O2.Ir/c1-18-12-23-22-9-8-19(17-30(2,3)4)14-25(22)33-26-16-21(31(5,6)7)15-20-10-11-32-28(27(20)26)24(13-18)29(23)33;1-6-11(7-2)12(15)10-13(16)14(5,8-3)9-4;/h8-12,14-16H,17H2,1-7H3;10-11,15H,6-9H2,1-5H3;/q-1;;/b;12-10-;. The second-order valence-corrected chi connectivity index (χ2v) is 27.4. The molecule has 0 aliphatic rings. The monoisotopic (exact) mass is 912 g/mol. The van der Waals surface area contributed by atoms with Crippen molar-refractivity contribution in [3.63, 3.8) is 0 Å². The minimum absolute atomic E-state index is 0. The van der Waals surface area contributed by atoms with Crippen LogP contribution < -0.4 is 4.40 Å². The summed E-state index contributed by atoms with van der Waals surface area (Å²) in [5.41, 5.74) is 7.43.